The smallest absolute Gasteiger partial charge is 0.0305 e. The zero-order valence-electron chi connectivity index (χ0n) is 9.97. The largest absolute Gasteiger partial charge is 0.309 e. The first-order valence-corrected chi connectivity index (χ1v) is 6.82. The van der Waals surface area contributed by atoms with Gasteiger partial charge in [-0.1, -0.05) is 13.8 Å². The van der Waals surface area contributed by atoms with Gasteiger partial charge in [0.2, 0.25) is 0 Å². The molecule has 0 bridgehead atoms. The summed E-state index contributed by atoms with van der Waals surface area (Å²) in [4.78, 5) is 1.52. The molecule has 2 heteroatoms. The Hall–Kier alpha value is -0.340. The van der Waals surface area contributed by atoms with Crippen LogP contribution in [0.5, 0.6) is 0 Å². The van der Waals surface area contributed by atoms with Crippen LogP contribution in [0.2, 0.25) is 0 Å². The molecule has 0 aliphatic heterocycles. The van der Waals surface area contributed by atoms with Gasteiger partial charge >= 0.3 is 0 Å². The summed E-state index contributed by atoms with van der Waals surface area (Å²) in [7, 11) is 0. The number of nitrogens with one attached hydrogen (secondary N) is 1. The molecule has 0 amide bonds. The molecule has 0 radical (unpaired) electrons. The molecule has 1 N–H and O–H groups in total. The van der Waals surface area contributed by atoms with Crippen molar-refractivity contribution in [3.05, 3.63) is 21.9 Å². The Bertz CT molecular complexity index is 325. The predicted molar refractivity (Wildman–Crippen MR) is 67.3 cm³/mol. The number of rotatable bonds is 5. The minimum absolute atomic E-state index is 0.587. The molecule has 1 heterocycles. The highest BCUT2D eigenvalue weighted by Crippen LogP contribution is 2.48. The van der Waals surface area contributed by atoms with E-state index < -0.39 is 0 Å². The van der Waals surface area contributed by atoms with E-state index in [0.29, 0.717) is 11.5 Å². The Kier molecular flexibility index (Phi) is 3.17. The van der Waals surface area contributed by atoms with E-state index >= 15 is 0 Å². The van der Waals surface area contributed by atoms with Gasteiger partial charge < -0.3 is 5.32 Å². The van der Waals surface area contributed by atoms with Crippen molar-refractivity contribution in [2.75, 3.05) is 0 Å². The SMILES string of the molecule is CCc1ccsc1CNC(C)C1(C)CC1. The standard InChI is InChI=1S/C13H21NS/c1-4-11-5-8-15-12(11)9-14-10(2)13(3)6-7-13/h5,8,10,14H,4,6-7,9H2,1-3H3. The van der Waals surface area contributed by atoms with Gasteiger partial charge in [-0.25, -0.2) is 0 Å². The fraction of sp³-hybridized carbons (Fsp3) is 0.692. The molecule has 1 nitrogen and oxygen atoms in total. The van der Waals surface area contributed by atoms with Gasteiger partial charge in [0.25, 0.3) is 0 Å². The number of aryl methyl sites for hydroxylation is 1. The molecule has 0 saturated heterocycles. The summed E-state index contributed by atoms with van der Waals surface area (Å²) >= 11 is 1.88. The van der Waals surface area contributed by atoms with Gasteiger partial charge in [0.1, 0.15) is 0 Å². The van der Waals surface area contributed by atoms with E-state index in [1.54, 1.807) is 0 Å². The van der Waals surface area contributed by atoms with Crippen molar-refractivity contribution in [1.82, 2.24) is 5.32 Å². The molecule has 1 aromatic rings. The van der Waals surface area contributed by atoms with E-state index in [2.05, 4.69) is 37.5 Å². The first-order valence-electron chi connectivity index (χ1n) is 5.94. The number of thiophene rings is 1. The topological polar surface area (TPSA) is 12.0 Å². The minimum Gasteiger partial charge on any atom is -0.309 e. The van der Waals surface area contributed by atoms with Gasteiger partial charge in [-0.15, -0.1) is 11.3 Å². The molecule has 1 saturated carbocycles. The van der Waals surface area contributed by atoms with Crippen molar-refractivity contribution in [2.45, 2.75) is 52.6 Å². The Balaban J connectivity index is 1.87. The van der Waals surface area contributed by atoms with E-state index in [1.807, 2.05) is 11.3 Å². The molecule has 0 aromatic carbocycles. The molecule has 2 rings (SSSR count). The third kappa shape index (κ3) is 2.43. The molecule has 1 aliphatic carbocycles. The third-order valence-electron chi connectivity index (χ3n) is 3.87. The molecule has 1 fully saturated rings. The lowest BCUT2D eigenvalue weighted by molar-refractivity contribution is 0.380. The van der Waals surface area contributed by atoms with Crippen LogP contribution in [0, 0.1) is 5.41 Å². The average molecular weight is 223 g/mol. The van der Waals surface area contributed by atoms with Crippen LogP contribution >= 0.6 is 11.3 Å². The van der Waals surface area contributed by atoms with Crippen LogP contribution in [0.25, 0.3) is 0 Å². The lowest BCUT2D eigenvalue weighted by Gasteiger charge is -2.20. The van der Waals surface area contributed by atoms with Crippen LogP contribution in [0.1, 0.15) is 44.1 Å². The second kappa shape index (κ2) is 4.26. The summed E-state index contributed by atoms with van der Waals surface area (Å²) in [6.07, 6.45) is 3.95. The van der Waals surface area contributed by atoms with E-state index in [4.69, 9.17) is 0 Å². The van der Waals surface area contributed by atoms with E-state index in [1.165, 1.54) is 23.3 Å². The molecular weight excluding hydrogens is 202 g/mol. The maximum absolute atomic E-state index is 3.67. The van der Waals surface area contributed by atoms with Gasteiger partial charge in [0.05, 0.1) is 0 Å². The molecular formula is C13H21NS. The zero-order chi connectivity index (χ0) is 10.9. The van der Waals surface area contributed by atoms with Crippen molar-refractivity contribution in [3.63, 3.8) is 0 Å². The van der Waals surface area contributed by atoms with Crippen molar-refractivity contribution in [1.29, 1.82) is 0 Å². The predicted octanol–water partition coefficient (Wildman–Crippen LogP) is 3.59. The Morgan fingerprint density at radius 3 is 2.87 bits per heavy atom. The summed E-state index contributed by atoms with van der Waals surface area (Å²) in [5.41, 5.74) is 2.10. The van der Waals surface area contributed by atoms with E-state index in [9.17, 15) is 0 Å². The van der Waals surface area contributed by atoms with Crippen molar-refractivity contribution in [3.8, 4) is 0 Å². The minimum atomic E-state index is 0.587. The Morgan fingerprint density at radius 2 is 2.27 bits per heavy atom. The van der Waals surface area contributed by atoms with Crippen molar-refractivity contribution in [2.24, 2.45) is 5.41 Å². The molecule has 1 atom stereocenters. The van der Waals surface area contributed by atoms with E-state index in [0.717, 1.165) is 13.0 Å². The average Bonchev–Trinajstić information content (AvgIpc) is 2.83. The van der Waals surface area contributed by atoms with Gasteiger partial charge in [-0.2, -0.15) is 0 Å². The number of hydrogen-bond acceptors (Lipinski definition) is 2. The van der Waals surface area contributed by atoms with Crippen molar-refractivity contribution < 1.29 is 0 Å². The molecule has 15 heavy (non-hydrogen) atoms. The normalized spacial score (nSPS) is 20.2. The summed E-state index contributed by atoms with van der Waals surface area (Å²) < 4.78 is 0. The second-order valence-electron chi connectivity index (χ2n) is 4.98. The second-order valence-corrected chi connectivity index (χ2v) is 5.98. The van der Waals surface area contributed by atoms with E-state index in [-0.39, 0.29) is 0 Å². The number of hydrogen-bond donors (Lipinski definition) is 1. The molecule has 1 aliphatic rings. The molecule has 1 unspecified atom stereocenters. The maximum Gasteiger partial charge on any atom is 0.0305 e. The van der Waals surface area contributed by atoms with Gasteiger partial charge in [-0.3, -0.25) is 0 Å². The van der Waals surface area contributed by atoms with Crippen LogP contribution in [0.4, 0.5) is 0 Å². The summed E-state index contributed by atoms with van der Waals surface area (Å²) in [6.45, 7) is 8.00. The summed E-state index contributed by atoms with van der Waals surface area (Å²) in [6, 6.07) is 2.91. The summed E-state index contributed by atoms with van der Waals surface area (Å²) in [5.74, 6) is 0. The quantitative estimate of drug-likeness (QED) is 0.804. The van der Waals surface area contributed by atoms with Crippen LogP contribution in [0.3, 0.4) is 0 Å². The van der Waals surface area contributed by atoms with Crippen LogP contribution in [-0.2, 0) is 13.0 Å². The van der Waals surface area contributed by atoms with Gasteiger partial charge in [-0.05, 0) is 48.6 Å². The highest BCUT2D eigenvalue weighted by Gasteiger charge is 2.42. The first kappa shape index (κ1) is 11.2. The summed E-state index contributed by atoms with van der Waals surface area (Å²) in [5, 5.41) is 5.88. The monoisotopic (exact) mass is 223 g/mol. The molecule has 84 valence electrons. The third-order valence-corrected chi connectivity index (χ3v) is 4.83. The Morgan fingerprint density at radius 1 is 1.53 bits per heavy atom. The van der Waals surface area contributed by atoms with Crippen molar-refractivity contribution >= 4 is 11.3 Å². The fourth-order valence-corrected chi connectivity index (χ4v) is 2.89. The first-order chi connectivity index (χ1) is 7.15. The van der Waals surface area contributed by atoms with Crippen LogP contribution < -0.4 is 5.32 Å². The maximum atomic E-state index is 3.67. The highest BCUT2D eigenvalue weighted by molar-refractivity contribution is 7.10. The lowest BCUT2D eigenvalue weighted by Crippen LogP contribution is -2.32. The van der Waals surface area contributed by atoms with Crippen LogP contribution in [0.15, 0.2) is 11.4 Å². The van der Waals surface area contributed by atoms with Crippen LogP contribution in [-0.4, -0.2) is 6.04 Å². The Labute approximate surface area is 96.9 Å². The zero-order valence-corrected chi connectivity index (χ0v) is 10.8. The molecule has 1 aromatic heterocycles. The molecule has 0 spiro atoms. The van der Waals surface area contributed by atoms with Gasteiger partial charge in [0.15, 0.2) is 0 Å². The highest BCUT2D eigenvalue weighted by atomic mass is 32.1. The lowest BCUT2D eigenvalue weighted by atomic mass is 10.0. The fourth-order valence-electron chi connectivity index (χ4n) is 1.96. The van der Waals surface area contributed by atoms with Gasteiger partial charge in [0, 0.05) is 17.5 Å².